The number of rotatable bonds is 6. The molecule has 0 aromatic heterocycles. The van der Waals surface area contributed by atoms with Crippen LogP contribution in [-0.2, 0) is 4.79 Å². The largest absolute Gasteiger partial charge is 0.494 e. The van der Waals surface area contributed by atoms with E-state index in [1.165, 1.54) is 0 Å². The molecule has 0 bridgehead atoms. The van der Waals surface area contributed by atoms with Gasteiger partial charge in [-0.2, -0.15) is 0 Å². The predicted molar refractivity (Wildman–Crippen MR) is 123 cm³/mol. The second kappa shape index (κ2) is 9.47. The molecular weight excluding hydrogens is 402 g/mol. The molecule has 1 fully saturated rings. The summed E-state index contributed by atoms with van der Waals surface area (Å²) in [6.07, 6.45) is 1.87. The molecule has 2 amide bonds. The smallest absolute Gasteiger partial charge is 0.304 e. The standard InChI is InChI=1S/C26H25N3O3/c1-3-32-22-15-11-19(12-16-22)17-29-24(20-13-9-18(2)10-14-20)23(26(31)28-29)27-25(30)21-7-5-4-6-8-21/h4-17,23-24H,3H2,1-2H3,(H-,27,28,30,31)/p+1/b29-17-/t23-,24+/m1/s1. The van der Waals surface area contributed by atoms with Crippen LogP contribution in [0.2, 0.25) is 0 Å². The molecule has 4 rings (SSSR count). The van der Waals surface area contributed by atoms with Crippen LogP contribution in [0.5, 0.6) is 5.75 Å². The third kappa shape index (κ3) is 4.70. The summed E-state index contributed by atoms with van der Waals surface area (Å²) in [4.78, 5) is 25.7. The van der Waals surface area contributed by atoms with Gasteiger partial charge in [0.1, 0.15) is 5.75 Å². The van der Waals surface area contributed by atoms with E-state index in [-0.39, 0.29) is 11.8 Å². The molecule has 1 aliphatic heterocycles. The number of ether oxygens (including phenoxy) is 1. The van der Waals surface area contributed by atoms with Gasteiger partial charge < -0.3 is 10.1 Å². The third-order valence-corrected chi connectivity index (χ3v) is 5.36. The van der Waals surface area contributed by atoms with Gasteiger partial charge in [-0.05, 0) is 50.2 Å². The highest BCUT2D eigenvalue weighted by atomic mass is 16.5. The zero-order valence-corrected chi connectivity index (χ0v) is 18.1. The van der Waals surface area contributed by atoms with Crippen molar-refractivity contribution < 1.29 is 19.0 Å². The van der Waals surface area contributed by atoms with Gasteiger partial charge in [-0.1, -0.05) is 48.0 Å². The van der Waals surface area contributed by atoms with E-state index < -0.39 is 12.1 Å². The van der Waals surface area contributed by atoms with Gasteiger partial charge in [0.25, 0.3) is 5.91 Å². The molecule has 1 heterocycles. The Hall–Kier alpha value is -3.93. The van der Waals surface area contributed by atoms with E-state index in [2.05, 4.69) is 10.7 Å². The van der Waals surface area contributed by atoms with E-state index in [9.17, 15) is 9.59 Å². The number of benzene rings is 3. The molecule has 6 nitrogen and oxygen atoms in total. The average molecular weight is 429 g/mol. The Morgan fingerprint density at radius 1 is 1.03 bits per heavy atom. The summed E-state index contributed by atoms with van der Waals surface area (Å²) in [6.45, 7) is 4.56. The highest BCUT2D eigenvalue weighted by molar-refractivity contribution is 5.98. The molecule has 0 saturated carbocycles. The molecular formula is C26H26N3O3+. The van der Waals surface area contributed by atoms with Crippen molar-refractivity contribution in [3.05, 3.63) is 101 Å². The van der Waals surface area contributed by atoms with Crippen LogP contribution in [0.3, 0.4) is 0 Å². The molecule has 0 unspecified atom stereocenters. The van der Waals surface area contributed by atoms with Gasteiger partial charge in [-0.25, -0.2) is 0 Å². The Kier molecular flexibility index (Phi) is 6.31. The molecule has 32 heavy (non-hydrogen) atoms. The van der Waals surface area contributed by atoms with Crippen LogP contribution in [0.1, 0.15) is 40.0 Å². The number of aryl methyl sites for hydroxylation is 1. The Bertz CT molecular complexity index is 1120. The molecule has 3 aromatic carbocycles. The maximum Gasteiger partial charge on any atom is 0.304 e. The predicted octanol–water partition coefficient (Wildman–Crippen LogP) is 3.41. The van der Waals surface area contributed by atoms with Crippen molar-refractivity contribution in [2.45, 2.75) is 25.9 Å². The highest BCUT2D eigenvalue weighted by Crippen LogP contribution is 2.26. The lowest BCUT2D eigenvalue weighted by Crippen LogP contribution is -2.42. The molecule has 2 atom stereocenters. The van der Waals surface area contributed by atoms with Gasteiger partial charge in [0, 0.05) is 16.7 Å². The van der Waals surface area contributed by atoms with E-state index in [0.717, 1.165) is 22.4 Å². The molecule has 0 radical (unpaired) electrons. The second-order valence-electron chi connectivity index (χ2n) is 7.69. The molecule has 0 spiro atoms. The lowest BCUT2D eigenvalue weighted by molar-refractivity contribution is -0.596. The van der Waals surface area contributed by atoms with E-state index in [0.29, 0.717) is 12.2 Å². The van der Waals surface area contributed by atoms with Crippen LogP contribution in [-0.4, -0.2) is 35.4 Å². The Labute approximate surface area is 187 Å². The van der Waals surface area contributed by atoms with Crippen molar-refractivity contribution in [3.63, 3.8) is 0 Å². The molecule has 1 aliphatic rings. The molecule has 2 N–H and O–H groups in total. The molecule has 0 aliphatic carbocycles. The van der Waals surface area contributed by atoms with E-state index in [4.69, 9.17) is 4.74 Å². The summed E-state index contributed by atoms with van der Waals surface area (Å²) in [7, 11) is 0. The number of amides is 2. The minimum absolute atomic E-state index is 0.262. The number of hydrazine groups is 1. The number of hydrogen-bond donors (Lipinski definition) is 2. The van der Waals surface area contributed by atoms with Crippen molar-refractivity contribution in [2.75, 3.05) is 6.61 Å². The zero-order chi connectivity index (χ0) is 22.5. The Balaban J connectivity index is 1.67. The van der Waals surface area contributed by atoms with Crippen molar-refractivity contribution in [1.82, 2.24) is 10.7 Å². The lowest BCUT2D eigenvalue weighted by Gasteiger charge is -2.15. The number of carbonyl (C=O) groups excluding carboxylic acids is 2. The SMILES string of the molecule is CCOc1ccc(/C=[N+]2\NC(=O)[C@H](NC(=O)c3ccccc3)[C@@H]2c2ccc(C)cc2)cc1. The van der Waals surface area contributed by atoms with Crippen LogP contribution in [0.4, 0.5) is 0 Å². The van der Waals surface area contributed by atoms with Crippen LogP contribution in [0.25, 0.3) is 0 Å². The van der Waals surface area contributed by atoms with Crippen LogP contribution < -0.4 is 15.5 Å². The number of hydrogen-bond acceptors (Lipinski definition) is 3. The van der Waals surface area contributed by atoms with Gasteiger partial charge in [0.2, 0.25) is 12.3 Å². The van der Waals surface area contributed by atoms with Crippen LogP contribution in [0.15, 0.2) is 78.9 Å². The fourth-order valence-electron chi connectivity index (χ4n) is 3.74. The molecule has 1 saturated heterocycles. The number of hydrazone groups is 1. The van der Waals surface area contributed by atoms with E-state index >= 15 is 0 Å². The summed E-state index contributed by atoms with van der Waals surface area (Å²) < 4.78 is 7.27. The minimum atomic E-state index is -0.746. The zero-order valence-electron chi connectivity index (χ0n) is 18.1. The maximum absolute atomic E-state index is 12.9. The topological polar surface area (TPSA) is 70.4 Å². The van der Waals surface area contributed by atoms with Crippen LogP contribution >= 0.6 is 0 Å². The Morgan fingerprint density at radius 3 is 2.38 bits per heavy atom. The normalized spacial score (nSPS) is 18.9. The first-order valence-electron chi connectivity index (χ1n) is 10.6. The lowest BCUT2D eigenvalue weighted by atomic mass is 9.98. The molecule has 162 valence electrons. The first-order valence-corrected chi connectivity index (χ1v) is 10.6. The fourth-order valence-corrected chi connectivity index (χ4v) is 3.74. The number of carbonyl (C=O) groups is 2. The molecule has 6 heteroatoms. The van der Waals surface area contributed by atoms with Gasteiger partial charge in [0.15, 0.2) is 6.04 Å². The van der Waals surface area contributed by atoms with Crippen molar-refractivity contribution in [2.24, 2.45) is 0 Å². The second-order valence-corrected chi connectivity index (χ2v) is 7.69. The summed E-state index contributed by atoms with van der Waals surface area (Å²) >= 11 is 0. The molecule has 3 aromatic rings. The average Bonchev–Trinajstić information content (AvgIpc) is 3.11. The van der Waals surface area contributed by atoms with Gasteiger partial charge in [-0.15, -0.1) is 10.1 Å². The third-order valence-electron chi connectivity index (χ3n) is 5.36. The van der Waals surface area contributed by atoms with Gasteiger partial charge in [0.05, 0.1) is 6.61 Å². The maximum atomic E-state index is 12.9. The fraction of sp³-hybridized carbons (Fsp3) is 0.192. The van der Waals surface area contributed by atoms with Gasteiger partial charge in [-0.3, -0.25) is 9.59 Å². The number of nitrogens with one attached hydrogen (secondary N) is 2. The van der Waals surface area contributed by atoms with Crippen LogP contribution in [0, 0.1) is 6.92 Å². The van der Waals surface area contributed by atoms with Gasteiger partial charge >= 0.3 is 5.91 Å². The first kappa shape index (κ1) is 21.3. The van der Waals surface area contributed by atoms with Crippen molar-refractivity contribution in [3.8, 4) is 5.75 Å². The van der Waals surface area contributed by atoms with E-state index in [1.807, 2.05) is 74.7 Å². The monoisotopic (exact) mass is 428 g/mol. The summed E-state index contributed by atoms with van der Waals surface area (Å²) in [5.41, 5.74) is 6.37. The first-order chi connectivity index (χ1) is 15.5. The summed E-state index contributed by atoms with van der Waals surface area (Å²) in [5.74, 6) is 0.242. The van der Waals surface area contributed by atoms with Crippen molar-refractivity contribution >= 4 is 18.0 Å². The Morgan fingerprint density at radius 2 is 1.72 bits per heavy atom. The summed E-state index contributed by atoms with van der Waals surface area (Å²) in [6, 6.07) is 23.4. The van der Waals surface area contributed by atoms with E-state index in [1.54, 1.807) is 28.9 Å². The quantitative estimate of drug-likeness (QED) is 0.591. The van der Waals surface area contributed by atoms with Crippen molar-refractivity contribution in [1.29, 1.82) is 0 Å². The number of nitrogens with zero attached hydrogens (tertiary/aromatic N) is 1. The summed E-state index contributed by atoms with van der Waals surface area (Å²) in [5, 5.41) is 2.92. The highest BCUT2D eigenvalue weighted by Gasteiger charge is 2.47. The minimum Gasteiger partial charge on any atom is -0.494 e.